The number of hydrogen-bond donors (Lipinski definition) is 1. The molecule has 1 N–H and O–H groups in total. The quantitative estimate of drug-likeness (QED) is 0.0963. The molecule has 3 aliphatic rings. The van der Waals surface area contributed by atoms with Crippen LogP contribution >= 0.6 is 23.2 Å². The van der Waals surface area contributed by atoms with E-state index in [2.05, 4.69) is 23.0 Å². The second-order valence-corrected chi connectivity index (χ2v) is 17.4. The van der Waals surface area contributed by atoms with E-state index in [9.17, 15) is 14.7 Å². The van der Waals surface area contributed by atoms with Crippen LogP contribution in [0.25, 0.3) is 0 Å². The van der Waals surface area contributed by atoms with Crippen LogP contribution in [0.5, 0.6) is 23.0 Å². The Balaban J connectivity index is 0.000000220. The van der Waals surface area contributed by atoms with Crippen LogP contribution in [0.4, 0.5) is 11.4 Å². The van der Waals surface area contributed by atoms with Crippen LogP contribution in [-0.4, -0.2) is 112 Å². The third-order valence-corrected chi connectivity index (χ3v) is 12.3. The largest absolute Gasteiger partial charge is 0.508 e. The van der Waals surface area contributed by atoms with E-state index in [4.69, 9.17) is 46.9 Å². The minimum absolute atomic E-state index is 0.127. The Bertz CT molecular complexity index is 2440. The SMILES string of the molecule is C=CCOc1cccc(CC(=O)N2CCN(c3ccc(O)cc3)CC2)c1.C=CCOc1cccc(CC(=O)N2CCN(c3ccc(OC[C@@H]4CO[C@](C)(c5ccc(Cl)cc5Cl)O4)cc3)CC2)c1. The Morgan fingerprint density at radius 3 is 1.67 bits per heavy atom. The zero-order chi connectivity index (χ0) is 47.2. The molecule has 0 unspecified atom stereocenters. The van der Waals surface area contributed by atoms with Gasteiger partial charge in [-0.15, -0.1) is 0 Å². The average Bonchev–Trinajstić information content (AvgIpc) is 3.74. The fourth-order valence-corrected chi connectivity index (χ4v) is 8.71. The van der Waals surface area contributed by atoms with Crippen molar-refractivity contribution in [1.82, 2.24) is 9.80 Å². The molecule has 0 saturated carbocycles. The van der Waals surface area contributed by atoms with Crippen molar-refractivity contribution in [2.75, 3.05) is 88.6 Å². The highest BCUT2D eigenvalue weighted by Gasteiger charge is 2.40. The van der Waals surface area contributed by atoms with Gasteiger partial charge in [0.1, 0.15) is 48.9 Å². The van der Waals surface area contributed by atoms with Gasteiger partial charge in [0.05, 0.1) is 24.5 Å². The Morgan fingerprint density at radius 1 is 0.672 bits per heavy atom. The second-order valence-electron chi connectivity index (χ2n) is 16.5. The summed E-state index contributed by atoms with van der Waals surface area (Å²) in [6.45, 7) is 16.7. The van der Waals surface area contributed by atoms with Crippen LogP contribution < -0.4 is 24.0 Å². The molecule has 5 aromatic carbocycles. The number of carbonyl (C=O) groups is 2. The Morgan fingerprint density at radius 2 is 1.18 bits per heavy atom. The monoisotopic (exact) mass is 948 g/mol. The third kappa shape index (κ3) is 13.7. The third-order valence-electron chi connectivity index (χ3n) is 11.7. The van der Waals surface area contributed by atoms with Gasteiger partial charge in [0.25, 0.3) is 0 Å². The van der Waals surface area contributed by atoms with Gasteiger partial charge >= 0.3 is 0 Å². The second kappa shape index (κ2) is 23.5. The Hall–Kier alpha value is -6.18. The smallest absolute Gasteiger partial charge is 0.227 e. The van der Waals surface area contributed by atoms with E-state index in [1.54, 1.807) is 36.4 Å². The molecule has 0 aromatic heterocycles. The minimum atomic E-state index is -0.951. The molecule has 3 heterocycles. The molecule has 3 saturated heterocycles. The summed E-state index contributed by atoms with van der Waals surface area (Å²) in [5.41, 5.74) is 4.81. The van der Waals surface area contributed by atoms with Gasteiger partial charge in [-0.2, -0.15) is 0 Å². The molecule has 0 spiro atoms. The minimum Gasteiger partial charge on any atom is -0.508 e. The van der Waals surface area contributed by atoms with Crippen molar-refractivity contribution in [3.8, 4) is 23.0 Å². The maximum absolute atomic E-state index is 12.9. The van der Waals surface area contributed by atoms with E-state index in [1.807, 2.05) is 108 Å². The molecule has 352 valence electrons. The highest BCUT2D eigenvalue weighted by atomic mass is 35.5. The number of piperazine rings is 2. The number of halogens is 2. The molecule has 0 aliphatic carbocycles. The van der Waals surface area contributed by atoms with E-state index in [1.165, 1.54) is 0 Å². The molecular formula is C53H58Cl2N4O8. The van der Waals surface area contributed by atoms with E-state index in [0.29, 0.717) is 75.5 Å². The van der Waals surface area contributed by atoms with Crippen LogP contribution in [0.15, 0.2) is 141 Å². The summed E-state index contributed by atoms with van der Waals surface area (Å²) < 4.78 is 29.2. The molecule has 0 bridgehead atoms. The molecule has 2 atom stereocenters. The summed E-state index contributed by atoms with van der Waals surface area (Å²) in [5, 5.41) is 10.5. The van der Waals surface area contributed by atoms with Crippen LogP contribution in [0, 0.1) is 0 Å². The first-order chi connectivity index (χ1) is 32.5. The van der Waals surface area contributed by atoms with Crippen LogP contribution in [0.1, 0.15) is 23.6 Å². The summed E-state index contributed by atoms with van der Waals surface area (Å²) in [6, 6.07) is 35.8. The molecule has 2 amide bonds. The molecular weight excluding hydrogens is 892 g/mol. The Kier molecular flexibility index (Phi) is 17.1. The van der Waals surface area contributed by atoms with Gasteiger partial charge in [0, 0.05) is 74.3 Å². The van der Waals surface area contributed by atoms with Crippen molar-refractivity contribution in [1.29, 1.82) is 0 Å². The highest BCUT2D eigenvalue weighted by molar-refractivity contribution is 6.35. The first kappa shape index (κ1) is 48.7. The fourth-order valence-electron chi connectivity index (χ4n) is 8.13. The van der Waals surface area contributed by atoms with Gasteiger partial charge in [-0.1, -0.05) is 78.8 Å². The number of anilines is 2. The van der Waals surface area contributed by atoms with Gasteiger partial charge in [-0.25, -0.2) is 0 Å². The Labute approximate surface area is 403 Å². The zero-order valence-corrected chi connectivity index (χ0v) is 39.4. The maximum Gasteiger partial charge on any atom is 0.227 e. The topological polar surface area (TPSA) is 113 Å². The molecule has 3 aliphatic heterocycles. The van der Waals surface area contributed by atoms with Crippen LogP contribution in [0.3, 0.4) is 0 Å². The number of benzene rings is 5. The van der Waals surface area contributed by atoms with Gasteiger partial charge in [-0.05, 0) is 103 Å². The standard InChI is InChI=1S/C32H34Cl2N2O5.C21H24N2O3/c1-3-17-38-27-6-4-5-23(18-27)19-31(37)36-15-13-35(14-16-36)25-8-10-26(11-9-25)39-21-28-22-40-32(2,41-28)29-12-7-24(33)20-30(29)34;1-2-14-26-20-5-3-4-17(15-20)16-21(25)23-12-10-22(11-13-23)18-6-8-19(24)9-7-18/h3-12,18,20,28H,1,13-17,19,21-22H2,2H3;2-9,15,24H,1,10-14,16H2/t28-,32+;/m1./s1. The summed E-state index contributed by atoms with van der Waals surface area (Å²) in [5.74, 6) is 1.83. The van der Waals surface area contributed by atoms with E-state index in [-0.39, 0.29) is 23.7 Å². The van der Waals surface area contributed by atoms with Crippen molar-refractivity contribution >= 4 is 46.4 Å². The van der Waals surface area contributed by atoms with Gasteiger partial charge in [-0.3, -0.25) is 9.59 Å². The fraction of sp³-hybridized carbons (Fsp3) is 0.321. The van der Waals surface area contributed by atoms with Crippen molar-refractivity contribution in [2.45, 2.75) is 31.7 Å². The van der Waals surface area contributed by atoms with Gasteiger partial charge in [0.15, 0.2) is 5.79 Å². The van der Waals surface area contributed by atoms with Crippen molar-refractivity contribution in [3.63, 3.8) is 0 Å². The number of hydrogen-bond acceptors (Lipinski definition) is 10. The molecule has 0 radical (unpaired) electrons. The number of amides is 2. The number of phenols is 1. The predicted octanol–water partition coefficient (Wildman–Crippen LogP) is 8.96. The van der Waals surface area contributed by atoms with Crippen molar-refractivity contribution in [2.24, 2.45) is 0 Å². The van der Waals surface area contributed by atoms with Crippen LogP contribution in [-0.2, 0) is 37.7 Å². The summed E-state index contributed by atoms with van der Waals surface area (Å²) in [4.78, 5) is 33.9. The zero-order valence-electron chi connectivity index (χ0n) is 37.9. The van der Waals surface area contributed by atoms with Gasteiger partial charge in [0.2, 0.25) is 11.8 Å². The number of nitrogens with zero attached hydrogens (tertiary/aromatic N) is 4. The van der Waals surface area contributed by atoms with Crippen molar-refractivity contribution < 1.29 is 38.4 Å². The number of carbonyl (C=O) groups excluding carboxylic acids is 2. The predicted molar refractivity (Wildman–Crippen MR) is 264 cm³/mol. The highest BCUT2D eigenvalue weighted by Crippen LogP contribution is 2.39. The number of phenolic OH excluding ortho intramolecular Hbond substituents is 1. The molecule has 5 aromatic rings. The molecule has 8 rings (SSSR count). The number of ether oxygens (including phenoxy) is 5. The lowest BCUT2D eigenvalue weighted by Crippen LogP contribution is -2.49. The summed E-state index contributed by atoms with van der Waals surface area (Å²) in [6.07, 6.45) is 3.91. The molecule has 12 nitrogen and oxygen atoms in total. The van der Waals surface area contributed by atoms with Crippen molar-refractivity contribution in [3.05, 3.63) is 167 Å². The van der Waals surface area contributed by atoms with E-state index >= 15 is 0 Å². The lowest BCUT2D eigenvalue weighted by atomic mass is 10.1. The molecule has 14 heteroatoms. The summed E-state index contributed by atoms with van der Waals surface area (Å²) in [7, 11) is 0. The van der Waals surface area contributed by atoms with Crippen LogP contribution in [0.2, 0.25) is 10.0 Å². The molecule has 67 heavy (non-hydrogen) atoms. The first-order valence-electron chi connectivity index (χ1n) is 22.5. The van der Waals surface area contributed by atoms with E-state index < -0.39 is 5.79 Å². The summed E-state index contributed by atoms with van der Waals surface area (Å²) >= 11 is 12.4. The first-order valence-corrected chi connectivity index (χ1v) is 23.2. The normalized spacial score (nSPS) is 18.1. The maximum atomic E-state index is 12.9. The number of aromatic hydroxyl groups is 1. The lowest BCUT2D eigenvalue weighted by molar-refractivity contribution is -0.164. The lowest BCUT2D eigenvalue weighted by Gasteiger charge is -2.36. The van der Waals surface area contributed by atoms with Gasteiger partial charge < -0.3 is 48.4 Å². The average molecular weight is 950 g/mol. The molecule has 3 fully saturated rings. The number of rotatable bonds is 16. The van der Waals surface area contributed by atoms with E-state index in [0.717, 1.165) is 71.5 Å².